The average molecular weight is 1070 g/mol. The third kappa shape index (κ3) is 8.47. The molecule has 3 heterocycles. The van der Waals surface area contributed by atoms with Gasteiger partial charge in [0, 0.05) is 39.7 Å². The predicted octanol–water partition coefficient (Wildman–Crippen LogP) is 19.3. The molecule has 1 atom stereocenters. The van der Waals surface area contributed by atoms with E-state index in [2.05, 4.69) is 268 Å². The van der Waals surface area contributed by atoms with E-state index in [1.54, 1.807) is 0 Å². The first-order valence-corrected chi connectivity index (χ1v) is 30.9. The summed E-state index contributed by atoms with van der Waals surface area (Å²) >= 11 is 0. The third-order valence-electron chi connectivity index (χ3n) is 21.3. The molecule has 7 aromatic carbocycles. The van der Waals surface area contributed by atoms with Crippen LogP contribution in [0.3, 0.4) is 0 Å². The van der Waals surface area contributed by atoms with Crippen molar-refractivity contribution >= 4 is 68.4 Å². The lowest BCUT2D eigenvalue weighted by atomic mass is 9.35. The number of benzene rings is 7. The second kappa shape index (κ2) is 17.6. The molecule has 2 aliphatic heterocycles. The zero-order valence-electron chi connectivity index (χ0n) is 52.4. The molecule has 0 spiro atoms. The molecule has 0 amide bonds. The second-order valence-electron chi connectivity index (χ2n) is 31.8. The van der Waals surface area contributed by atoms with Crippen LogP contribution in [0.15, 0.2) is 138 Å². The van der Waals surface area contributed by atoms with Gasteiger partial charge in [-0.05, 0) is 209 Å². The summed E-state index contributed by atoms with van der Waals surface area (Å²) in [7, 11) is 0. The highest BCUT2D eigenvalue weighted by molar-refractivity contribution is 7.00. The van der Waals surface area contributed by atoms with E-state index in [1.807, 2.05) is 0 Å². The van der Waals surface area contributed by atoms with Gasteiger partial charge in [-0.25, -0.2) is 0 Å². The predicted molar refractivity (Wildman–Crippen MR) is 347 cm³/mol. The van der Waals surface area contributed by atoms with Crippen LogP contribution in [0.2, 0.25) is 0 Å². The van der Waals surface area contributed by atoms with Crippen LogP contribution in [0.4, 0.5) is 34.1 Å². The van der Waals surface area contributed by atoms with Gasteiger partial charge in [0.25, 0.3) is 6.71 Å². The van der Waals surface area contributed by atoms with Crippen LogP contribution in [0.25, 0.3) is 11.0 Å². The van der Waals surface area contributed by atoms with E-state index in [4.69, 9.17) is 4.42 Å². The van der Waals surface area contributed by atoms with Crippen LogP contribution in [0.5, 0.6) is 0 Å². The molecule has 1 unspecified atom stereocenters. The topological polar surface area (TPSA) is 19.6 Å². The van der Waals surface area contributed by atoms with Crippen LogP contribution in [0, 0.1) is 0 Å². The highest BCUT2D eigenvalue weighted by Gasteiger charge is 2.50. The fourth-order valence-corrected chi connectivity index (χ4v) is 15.6. The number of anilines is 6. The lowest BCUT2D eigenvalue weighted by Gasteiger charge is -2.46. The molecule has 0 saturated carbocycles. The lowest BCUT2D eigenvalue weighted by molar-refractivity contribution is 0.332. The molecule has 4 heteroatoms. The van der Waals surface area contributed by atoms with Gasteiger partial charge in [0.1, 0.15) is 5.58 Å². The molecule has 8 aromatic rings. The maximum Gasteiger partial charge on any atom is 0.297 e. The van der Waals surface area contributed by atoms with Crippen LogP contribution in [0.1, 0.15) is 230 Å². The lowest BCUT2D eigenvalue weighted by Crippen LogP contribution is -2.61. The van der Waals surface area contributed by atoms with E-state index < -0.39 is 0 Å². The van der Waals surface area contributed by atoms with E-state index in [9.17, 15) is 0 Å². The first kappa shape index (κ1) is 54.0. The Hall–Kier alpha value is -6.26. The maximum absolute atomic E-state index is 7.85. The van der Waals surface area contributed by atoms with Crippen molar-refractivity contribution in [3.63, 3.8) is 0 Å². The zero-order valence-corrected chi connectivity index (χ0v) is 52.4. The second-order valence-corrected chi connectivity index (χ2v) is 31.8. The number of nitrogens with zero attached hydrogens (tertiary/aromatic N) is 2. The fourth-order valence-electron chi connectivity index (χ4n) is 15.6. The molecule has 0 N–H and O–H groups in total. The van der Waals surface area contributed by atoms with Crippen LogP contribution < -0.4 is 26.4 Å². The van der Waals surface area contributed by atoms with Crippen molar-refractivity contribution in [3.05, 3.63) is 195 Å². The van der Waals surface area contributed by atoms with Gasteiger partial charge in [0.05, 0.1) is 11.3 Å². The molecule has 3 aliphatic carbocycles. The van der Waals surface area contributed by atoms with Gasteiger partial charge >= 0.3 is 0 Å². The van der Waals surface area contributed by atoms with Gasteiger partial charge in [0.2, 0.25) is 0 Å². The molecule has 13 rings (SSSR count). The molecule has 416 valence electrons. The smallest absolute Gasteiger partial charge is 0.297 e. The Morgan fingerprint density at radius 1 is 0.407 bits per heavy atom. The van der Waals surface area contributed by atoms with E-state index in [-0.39, 0.29) is 56.0 Å². The Morgan fingerprint density at radius 2 is 0.852 bits per heavy atom. The van der Waals surface area contributed by atoms with Gasteiger partial charge in [-0.2, -0.15) is 0 Å². The molecule has 1 aromatic heterocycles. The number of hydrogen-bond donors (Lipinski definition) is 0. The Balaban J connectivity index is 1.20. The highest BCUT2D eigenvalue weighted by Crippen LogP contribution is 2.56. The van der Waals surface area contributed by atoms with Crippen LogP contribution in [-0.4, -0.2) is 6.71 Å². The molecule has 5 aliphatic rings. The minimum Gasteiger partial charge on any atom is -0.468 e. The Kier molecular flexibility index (Phi) is 11.8. The van der Waals surface area contributed by atoms with E-state index in [1.165, 1.54) is 124 Å². The number of furan rings is 1. The summed E-state index contributed by atoms with van der Waals surface area (Å²) in [6.07, 6.45) is 6.92. The summed E-state index contributed by atoms with van der Waals surface area (Å²) in [6.45, 7) is 43.5. The normalized spacial score (nSPS) is 19.9. The van der Waals surface area contributed by atoms with Crippen LogP contribution in [-0.2, 0) is 43.3 Å². The fraction of sp³-hybridized carbons (Fsp3) is 0.429. The summed E-state index contributed by atoms with van der Waals surface area (Å²) in [4.78, 5) is 5.38. The highest BCUT2D eigenvalue weighted by atomic mass is 16.3. The van der Waals surface area contributed by atoms with Gasteiger partial charge in [-0.3, -0.25) is 0 Å². The van der Waals surface area contributed by atoms with Gasteiger partial charge in [0.15, 0.2) is 0 Å². The van der Waals surface area contributed by atoms with Crippen molar-refractivity contribution in [3.8, 4) is 0 Å². The monoisotopic (exact) mass is 1070 g/mol. The molecule has 0 radical (unpaired) electrons. The minimum atomic E-state index is -0.184. The van der Waals surface area contributed by atoms with E-state index in [0.717, 1.165) is 36.9 Å². The molecular formula is C77H89BN2O. The summed E-state index contributed by atoms with van der Waals surface area (Å²) in [5, 5.41) is 1.21. The molecule has 3 nitrogen and oxygen atoms in total. The van der Waals surface area contributed by atoms with Crippen molar-refractivity contribution in [2.24, 2.45) is 0 Å². The van der Waals surface area contributed by atoms with E-state index in [0.29, 0.717) is 0 Å². The Labute approximate surface area is 487 Å². The molecule has 0 saturated heterocycles. The summed E-state index contributed by atoms with van der Waals surface area (Å²) in [5.41, 5.74) is 27.3. The quantitative estimate of drug-likeness (QED) is 0.126. The Bertz CT molecular complexity index is 3860. The summed E-state index contributed by atoms with van der Waals surface area (Å²) in [6, 6.07) is 53.8. The van der Waals surface area contributed by atoms with Crippen molar-refractivity contribution in [1.29, 1.82) is 0 Å². The molecule has 0 fully saturated rings. The third-order valence-corrected chi connectivity index (χ3v) is 21.3. The van der Waals surface area contributed by atoms with Gasteiger partial charge in [-0.1, -0.05) is 203 Å². The molecule has 0 bridgehead atoms. The minimum absolute atomic E-state index is 0.00193. The maximum atomic E-state index is 7.85. The van der Waals surface area contributed by atoms with Crippen molar-refractivity contribution < 1.29 is 4.42 Å². The molecular weight excluding hydrogens is 980 g/mol. The van der Waals surface area contributed by atoms with Gasteiger partial charge in [-0.15, -0.1) is 0 Å². The number of hydrogen-bond acceptors (Lipinski definition) is 3. The summed E-state index contributed by atoms with van der Waals surface area (Å²) in [5.74, 6) is -0.0577. The van der Waals surface area contributed by atoms with Gasteiger partial charge < -0.3 is 14.2 Å². The van der Waals surface area contributed by atoms with Crippen molar-refractivity contribution in [2.75, 3.05) is 9.80 Å². The first-order valence-electron chi connectivity index (χ1n) is 30.9. The first-order chi connectivity index (χ1) is 37.9. The number of rotatable bonds is 5. The standard InChI is InChI=1S/C77H89BN2O/c1-70(2,3)50-26-24-48(25-27-50)66(47-22-20-19-21-23-47)49-40-63-67-64(41-49)80(53-30-32-56-58(44-53)75(13,14)37-35-73(56,9)10)68-54-45-59-60(77(17,18)39-38-76(59,15)16)46-65(54)81-69(68)78(67)61-42-51(71(4,5)6)28-33-62(61)79(63)52-29-31-55-57(43-52)74(11,12)36-34-72(55,7)8/h19-33,40-46,66H,34-39H2,1-18H3. The SMILES string of the molecule is CC(C)(C)c1ccc(C(c2ccccc2)c2cc3c4c(c2)N(c2ccc5c(c2)C(C)(C)CCC5(C)C)c2c(oc5cc6c(cc25)C(C)(C)CCC6(C)C)B4c2cc(C(C)(C)C)ccc2N3c2ccc3c(c2)C(C)(C)CCC3(C)C)cc1. The van der Waals surface area contributed by atoms with E-state index >= 15 is 0 Å². The van der Waals surface area contributed by atoms with Crippen molar-refractivity contribution in [1.82, 2.24) is 0 Å². The van der Waals surface area contributed by atoms with Crippen LogP contribution >= 0.6 is 0 Å². The molecule has 81 heavy (non-hydrogen) atoms. The van der Waals surface area contributed by atoms with Crippen molar-refractivity contribution in [2.45, 2.75) is 212 Å². The summed E-state index contributed by atoms with van der Waals surface area (Å²) < 4.78 is 7.85. The largest absolute Gasteiger partial charge is 0.468 e. The average Bonchev–Trinajstić information content (AvgIpc) is 2.90. The zero-order chi connectivity index (χ0) is 57.5. The Morgan fingerprint density at radius 3 is 1.37 bits per heavy atom. The number of fused-ring (bicyclic) bond motifs is 9.